The van der Waals surface area contributed by atoms with Gasteiger partial charge in [-0.25, -0.2) is 0 Å². The predicted octanol–water partition coefficient (Wildman–Crippen LogP) is 7.22. The number of carbonyl (C=O) groups excluding carboxylic acids is 3. The number of nitrogens with zero attached hydrogens (tertiary/aromatic N) is 2. The number of non-ortho nitro benzene ring substituents is 2. The Balaban J connectivity index is 1.27. The summed E-state index contributed by atoms with van der Waals surface area (Å²) in [5, 5.41) is 27.3. The van der Waals surface area contributed by atoms with Gasteiger partial charge in [0.05, 0.1) is 15.5 Å². The molecule has 0 aliphatic heterocycles. The molecule has 0 spiro atoms. The fourth-order valence-electron chi connectivity index (χ4n) is 4.61. The number of rotatable bonds is 12. The lowest BCUT2D eigenvalue weighted by molar-refractivity contribution is -0.385. The second kappa shape index (κ2) is 14.4. The summed E-state index contributed by atoms with van der Waals surface area (Å²) >= 11 is 0. The lowest BCUT2D eigenvalue weighted by atomic mass is 10.0. The Morgan fingerprint density at radius 2 is 1.40 bits per heavy atom. The summed E-state index contributed by atoms with van der Waals surface area (Å²) in [5.74, 6) is -0.389. The van der Waals surface area contributed by atoms with E-state index in [0.717, 1.165) is 5.56 Å². The quantitative estimate of drug-likeness (QED) is 0.0629. The molecule has 12 nitrogen and oxygen atoms in total. The number of nitrogens with one attached hydrogen (secondary N) is 2. The molecule has 0 aliphatic carbocycles. The van der Waals surface area contributed by atoms with Crippen LogP contribution >= 0.6 is 0 Å². The highest BCUT2D eigenvalue weighted by Gasteiger charge is 2.17. The zero-order valence-corrected chi connectivity index (χ0v) is 24.6. The van der Waals surface area contributed by atoms with E-state index < -0.39 is 15.8 Å². The Morgan fingerprint density at radius 3 is 2.06 bits per heavy atom. The van der Waals surface area contributed by atoms with E-state index >= 15 is 0 Å². The first kappa shape index (κ1) is 31.7. The van der Waals surface area contributed by atoms with E-state index in [9.17, 15) is 34.6 Å². The average Bonchev–Trinajstić information content (AvgIpc) is 3.56. The number of amides is 2. The van der Waals surface area contributed by atoms with Crippen molar-refractivity contribution in [2.75, 3.05) is 10.6 Å². The number of benzene rings is 4. The van der Waals surface area contributed by atoms with Gasteiger partial charge < -0.3 is 15.1 Å². The molecule has 2 amide bonds. The Hall–Kier alpha value is -6.69. The molecule has 0 fully saturated rings. The molecule has 0 unspecified atom stereocenters. The number of aryl methyl sites for hydroxylation is 1. The van der Waals surface area contributed by atoms with Gasteiger partial charge in [0.2, 0.25) is 11.8 Å². The maximum absolute atomic E-state index is 13.5. The van der Waals surface area contributed by atoms with Crippen LogP contribution in [-0.2, 0) is 16.0 Å². The van der Waals surface area contributed by atoms with Crippen molar-refractivity contribution < 1.29 is 28.6 Å². The number of furan rings is 1. The van der Waals surface area contributed by atoms with Crippen LogP contribution in [0.2, 0.25) is 0 Å². The zero-order valence-electron chi connectivity index (χ0n) is 24.6. The second-order valence-electron chi connectivity index (χ2n) is 10.3. The highest BCUT2D eigenvalue weighted by molar-refractivity contribution is 6.15. The maximum Gasteiger partial charge on any atom is 0.269 e. The van der Waals surface area contributed by atoms with Crippen LogP contribution in [0, 0.1) is 20.2 Å². The van der Waals surface area contributed by atoms with Crippen LogP contribution in [0.4, 0.5) is 22.7 Å². The van der Waals surface area contributed by atoms with E-state index in [2.05, 4.69) is 10.6 Å². The largest absolute Gasteiger partial charge is 0.457 e. The molecule has 234 valence electrons. The van der Waals surface area contributed by atoms with Crippen molar-refractivity contribution in [1.82, 2.24) is 0 Å². The van der Waals surface area contributed by atoms with Crippen LogP contribution in [0.25, 0.3) is 17.4 Å². The standard InChI is InChI=1S/C35H26N4O8/c40-33(21-17-29-16-19-32(47-29)24-9-14-28(15-10-24)39(45)46)36-26-11-18-31(30(22-26)35(42)25-4-2-1-3-5-25)37-34(41)20-8-23-6-12-27(13-7-23)38(43)44/h1-7,9-19,21-22H,8,20H2,(H,36,40)(H,37,41)/b21-17+. The van der Waals surface area contributed by atoms with E-state index in [-0.39, 0.29) is 40.7 Å². The van der Waals surface area contributed by atoms with Crippen LogP contribution in [-0.4, -0.2) is 27.4 Å². The van der Waals surface area contributed by atoms with Crippen molar-refractivity contribution in [3.8, 4) is 11.3 Å². The van der Waals surface area contributed by atoms with Crippen LogP contribution in [0.15, 0.2) is 120 Å². The highest BCUT2D eigenvalue weighted by Crippen LogP contribution is 2.26. The number of carbonyl (C=O) groups is 3. The zero-order chi connectivity index (χ0) is 33.3. The molecule has 12 heteroatoms. The molecule has 0 aliphatic rings. The van der Waals surface area contributed by atoms with Crippen molar-refractivity contribution in [2.24, 2.45) is 0 Å². The van der Waals surface area contributed by atoms with Crippen molar-refractivity contribution in [3.63, 3.8) is 0 Å². The molecular formula is C35H26N4O8. The van der Waals surface area contributed by atoms with Gasteiger partial charge in [0, 0.05) is 59.1 Å². The van der Waals surface area contributed by atoms with Gasteiger partial charge in [0.25, 0.3) is 11.4 Å². The summed E-state index contributed by atoms with van der Waals surface area (Å²) in [4.78, 5) is 59.8. The molecule has 47 heavy (non-hydrogen) atoms. The van der Waals surface area contributed by atoms with Crippen LogP contribution in [0.3, 0.4) is 0 Å². The van der Waals surface area contributed by atoms with Gasteiger partial charge in [0.15, 0.2) is 5.78 Å². The van der Waals surface area contributed by atoms with Crippen molar-refractivity contribution in [1.29, 1.82) is 0 Å². The summed E-state index contributed by atoms with van der Waals surface area (Å²) in [5.41, 5.74) is 2.42. The third kappa shape index (κ3) is 8.28. The van der Waals surface area contributed by atoms with Crippen molar-refractivity contribution in [2.45, 2.75) is 12.8 Å². The summed E-state index contributed by atoms with van der Waals surface area (Å²) in [6.07, 6.45) is 3.11. The topological polar surface area (TPSA) is 175 Å². The summed E-state index contributed by atoms with van der Waals surface area (Å²) in [6, 6.07) is 28.2. The molecule has 0 radical (unpaired) electrons. The number of ketones is 1. The molecule has 0 saturated carbocycles. The van der Waals surface area contributed by atoms with E-state index in [4.69, 9.17) is 4.42 Å². The van der Waals surface area contributed by atoms with Gasteiger partial charge >= 0.3 is 0 Å². The predicted molar refractivity (Wildman–Crippen MR) is 175 cm³/mol. The lowest BCUT2D eigenvalue weighted by Gasteiger charge is -2.13. The third-order valence-corrected chi connectivity index (χ3v) is 7.02. The van der Waals surface area contributed by atoms with E-state index in [0.29, 0.717) is 34.8 Å². The second-order valence-corrected chi connectivity index (χ2v) is 10.3. The van der Waals surface area contributed by atoms with Gasteiger partial charge in [-0.05, 0) is 60.5 Å². The molecule has 0 atom stereocenters. The summed E-state index contributed by atoms with van der Waals surface area (Å²) < 4.78 is 5.74. The highest BCUT2D eigenvalue weighted by atomic mass is 16.6. The van der Waals surface area contributed by atoms with Crippen LogP contribution < -0.4 is 10.6 Å². The lowest BCUT2D eigenvalue weighted by Crippen LogP contribution is -2.16. The van der Waals surface area contributed by atoms with E-state index in [1.165, 1.54) is 48.6 Å². The summed E-state index contributed by atoms with van der Waals surface area (Å²) in [6.45, 7) is 0. The number of nitro groups is 2. The molecular weight excluding hydrogens is 604 g/mol. The van der Waals surface area contributed by atoms with E-state index in [1.807, 2.05) is 0 Å². The van der Waals surface area contributed by atoms with Gasteiger partial charge in [0.1, 0.15) is 11.5 Å². The number of nitro benzene ring substituents is 2. The Kier molecular flexibility index (Phi) is 9.72. The monoisotopic (exact) mass is 630 g/mol. The molecule has 5 rings (SSSR count). The van der Waals surface area contributed by atoms with Gasteiger partial charge in [-0.3, -0.25) is 34.6 Å². The summed E-state index contributed by atoms with van der Waals surface area (Å²) in [7, 11) is 0. The Morgan fingerprint density at radius 1 is 0.745 bits per heavy atom. The molecule has 5 aromatic rings. The number of hydrogen-bond donors (Lipinski definition) is 2. The van der Waals surface area contributed by atoms with Crippen molar-refractivity contribution >= 4 is 46.4 Å². The molecule has 4 aromatic carbocycles. The minimum absolute atomic E-state index is 0.0409. The minimum atomic E-state index is -0.503. The first-order valence-electron chi connectivity index (χ1n) is 14.3. The maximum atomic E-state index is 13.5. The number of hydrogen-bond acceptors (Lipinski definition) is 8. The fraction of sp³-hybridized carbons (Fsp3) is 0.0571. The molecule has 1 aromatic heterocycles. The van der Waals surface area contributed by atoms with Crippen molar-refractivity contribution in [3.05, 3.63) is 158 Å². The molecule has 1 heterocycles. The Bertz CT molecular complexity index is 1980. The first-order valence-corrected chi connectivity index (χ1v) is 14.3. The SMILES string of the molecule is O=C(/C=C/c1ccc(-c2ccc([N+](=O)[O-])cc2)o1)Nc1ccc(NC(=O)CCc2ccc([N+](=O)[O-])cc2)c(C(=O)c2ccccc2)c1. The van der Waals surface area contributed by atoms with Gasteiger partial charge in [-0.1, -0.05) is 42.5 Å². The number of anilines is 2. The molecule has 0 bridgehead atoms. The van der Waals surface area contributed by atoms with E-state index in [1.54, 1.807) is 72.8 Å². The minimum Gasteiger partial charge on any atom is -0.457 e. The average molecular weight is 631 g/mol. The Labute approximate surface area is 267 Å². The van der Waals surface area contributed by atoms with Gasteiger partial charge in [-0.2, -0.15) is 0 Å². The third-order valence-electron chi connectivity index (χ3n) is 7.02. The fourth-order valence-corrected chi connectivity index (χ4v) is 4.61. The normalized spacial score (nSPS) is 10.8. The molecule has 0 saturated heterocycles. The van der Waals surface area contributed by atoms with Crippen LogP contribution in [0.1, 0.15) is 33.7 Å². The van der Waals surface area contributed by atoms with Gasteiger partial charge in [-0.15, -0.1) is 0 Å². The smallest absolute Gasteiger partial charge is 0.269 e. The first-order chi connectivity index (χ1) is 22.7. The van der Waals surface area contributed by atoms with Crippen LogP contribution in [0.5, 0.6) is 0 Å². The molecule has 2 N–H and O–H groups in total.